The number of ether oxygens (including phenoxy) is 1. The van der Waals surface area contributed by atoms with Crippen LogP contribution in [0, 0.1) is 13.8 Å². The molecular formula is C18H24N2O3S. The van der Waals surface area contributed by atoms with Crippen LogP contribution in [-0.2, 0) is 10.0 Å². The number of sulfonamides is 1. The molecule has 130 valence electrons. The standard InChI is InChI=1S/C18H24N2O3S/c1-4-5-6-11-23-16-8-7-14(2)12-17(16)24(21,22)20-18-13-15(3)9-10-19-18/h7-10,12-13H,4-6,11H2,1-3H3,(H,19,20). The van der Waals surface area contributed by atoms with Crippen LogP contribution in [0.15, 0.2) is 41.4 Å². The molecule has 0 atom stereocenters. The van der Waals surface area contributed by atoms with E-state index in [-0.39, 0.29) is 4.90 Å². The van der Waals surface area contributed by atoms with Crippen molar-refractivity contribution in [1.82, 2.24) is 4.98 Å². The van der Waals surface area contributed by atoms with E-state index >= 15 is 0 Å². The molecule has 0 aliphatic rings. The topological polar surface area (TPSA) is 68.3 Å². The van der Waals surface area contributed by atoms with Gasteiger partial charge in [-0.05, 0) is 55.7 Å². The molecule has 0 aliphatic carbocycles. The summed E-state index contributed by atoms with van der Waals surface area (Å²) in [5.74, 6) is 0.672. The van der Waals surface area contributed by atoms with Gasteiger partial charge in [-0.3, -0.25) is 4.72 Å². The van der Waals surface area contributed by atoms with E-state index in [1.807, 2.05) is 26.0 Å². The van der Waals surface area contributed by atoms with E-state index in [0.717, 1.165) is 30.4 Å². The molecule has 0 radical (unpaired) electrons. The first-order chi connectivity index (χ1) is 11.4. The molecule has 0 fully saturated rings. The zero-order valence-electron chi connectivity index (χ0n) is 14.4. The van der Waals surface area contributed by atoms with Crippen LogP contribution in [0.25, 0.3) is 0 Å². The highest BCUT2D eigenvalue weighted by atomic mass is 32.2. The Balaban J connectivity index is 2.26. The van der Waals surface area contributed by atoms with E-state index in [1.165, 1.54) is 0 Å². The fraction of sp³-hybridized carbons (Fsp3) is 0.389. The number of nitrogens with one attached hydrogen (secondary N) is 1. The second-order valence-corrected chi connectivity index (χ2v) is 7.48. The monoisotopic (exact) mass is 348 g/mol. The van der Waals surface area contributed by atoms with Gasteiger partial charge in [0.05, 0.1) is 6.61 Å². The molecule has 24 heavy (non-hydrogen) atoms. The third kappa shape index (κ3) is 4.96. The molecule has 0 amide bonds. The minimum Gasteiger partial charge on any atom is -0.492 e. The number of benzene rings is 1. The van der Waals surface area contributed by atoms with E-state index in [2.05, 4.69) is 16.6 Å². The Morgan fingerprint density at radius 2 is 1.83 bits per heavy atom. The smallest absolute Gasteiger partial charge is 0.266 e. The summed E-state index contributed by atoms with van der Waals surface area (Å²) >= 11 is 0. The SMILES string of the molecule is CCCCCOc1ccc(C)cc1S(=O)(=O)Nc1cc(C)ccn1. The number of rotatable bonds is 8. The van der Waals surface area contributed by atoms with E-state index in [4.69, 9.17) is 4.74 Å². The molecule has 0 aliphatic heterocycles. The van der Waals surface area contributed by atoms with Crippen LogP contribution in [0.3, 0.4) is 0 Å². The second-order valence-electron chi connectivity index (χ2n) is 5.83. The lowest BCUT2D eigenvalue weighted by Crippen LogP contribution is -2.16. The normalized spacial score (nSPS) is 11.3. The molecule has 0 unspecified atom stereocenters. The average Bonchev–Trinajstić information content (AvgIpc) is 2.52. The predicted octanol–water partition coefficient (Wildman–Crippen LogP) is 4.07. The fourth-order valence-corrected chi connectivity index (χ4v) is 3.49. The van der Waals surface area contributed by atoms with Crippen LogP contribution >= 0.6 is 0 Å². The minimum atomic E-state index is -3.76. The predicted molar refractivity (Wildman–Crippen MR) is 96.0 cm³/mol. The molecule has 0 bridgehead atoms. The van der Waals surface area contributed by atoms with Crippen molar-refractivity contribution >= 4 is 15.8 Å². The Bertz CT molecular complexity index is 789. The van der Waals surface area contributed by atoms with Crippen LogP contribution in [0.1, 0.15) is 37.3 Å². The minimum absolute atomic E-state index is 0.141. The Morgan fingerprint density at radius 3 is 2.54 bits per heavy atom. The first-order valence-corrected chi connectivity index (χ1v) is 9.59. The molecule has 1 aromatic heterocycles. The third-order valence-corrected chi connectivity index (χ3v) is 4.92. The zero-order valence-corrected chi connectivity index (χ0v) is 15.2. The summed E-state index contributed by atoms with van der Waals surface area (Å²) in [6.07, 6.45) is 4.62. The molecule has 1 heterocycles. The van der Waals surface area contributed by atoms with Crippen molar-refractivity contribution < 1.29 is 13.2 Å². The van der Waals surface area contributed by atoms with Gasteiger partial charge in [-0.25, -0.2) is 13.4 Å². The van der Waals surface area contributed by atoms with Gasteiger partial charge in [0.15, 0.2) is 0 Å². The summed E-state index contributed by atoms with van der Waals surface area (Å²) in [6.45, 7) is 6.35. The number of pyridine rings is 1. The molecule has 2 rings (SSSR count). The van der Waals surface area contributed by atoms with Crippen molar-refractivity contribution in [3.8, 4) is 5.75 Å². The highest BCUT2D eigenvalue weighted by molar-refractivity contribution is 7.92. The van der Waals surface area contributed by atoms with Crippen molar-refractivity contribution in [3.05, 3.63) is 47.7 Å². The van der Waals surface area contributed by atoms with E-state index in [1.54, 1.807) is 24.4 Å². The lowest BCUT2D eigenvalue weighted by molar-refractivity contribution is 0.298. The Kier molecular flexibility index (Phi) is 6.20. The van der Waals surface area contributed by atoms with E-state index < -0.39 is 10.0 Å². The molecule has 1 N–H and O–H groups in total. The van der Waals surface area contributed by atoms with Gasteiger partial charge in [0.1, 0.15) is 16.5 Å². The van der Waals surface area contributed by atoms with Crippen molar-refractivity contribution in [3.63, 3.8) is 0 Å². The summed E-state index contributed by atoms with van der Waals surface area (Å²) in [5, 5.41) is 0. The molecule has 6 heteroatoms. The fourth-order valence-electron chi connectivity index (χ4n) is 2.26. The zero-order chi connectivity index (χ0) is 17.6. The first-order valence-electron chi connectivity index (χ1n) is 8.11. The van der Waals surface area contributed by atoms with E-state index in [0.29, 0.717) is 18.2 Å². The van der Waals surface area contributed by atoms with Crippen LogP contribution in [-0.4, -0.2) is 20.0 Å². The molecule has 0 saturated carbocycles. The molecule has 0 saturated heterocycles. The maximum absolute atomic E-state index is 12.7. The summed E-state index contributed by atoms with van der Waals surface area (Å²) in [7, 11) is -3.76. The lowest BCUT2D eigenvalue weighted by Gasteiger charge is -2.14. The van der Waals surface area contributed by atoms with Gasteiger partial charge in [0.25, 0.3) is 10.0 Å². The van der Waals surface area contributed by atoms with Gasteiger partial charge in [-0.15, -0.1) is 0 Å². The van der Waals surface area contributed by atoms with Crippen molar-refractivity contribution in [2.45, 2.75) is 44.9 Å². The number of aryl methyl sites for hydroxylation is 2. The van der Waals surface area contributed by atoms with Crippen LogP contribution < -0.4 is 9.46 Å². The molecule has 2 aromatic rings. The number of hydrogen-bond acceptors (Lipinski definition) is 4. The lowest BCUT2D eigenvalue weighted by atomic mass is 10.2. The largest absolute Gasteiger partial charge is 0.492 e. The Labute approximate surface area is 144 Å². The Morgan fingerprint density at radius 1 is 1.08 bits per heavy atom. The number of anilines is 1. The maximum Gasteiger partial charge on any atom is 0.266 e. The second kappa shape index (κ2) is 8.15. The van der Waals surface area contributed by atoms with Gasteiger partial charge >= 0.3 is 0 Å². The van der Waals surface area contributed by atoms with Gasteiger partial charge in [-0.2, -0.15) is 0 Å². The van der Waals surface area contributed by atoms with Gasteiger partial charge < -0.3 is 4.74 Å². The summed E-state index contributed by atoms with van der Waals surface area (Å²) in [4.78, 5) is 4.20. The third-order valence-electron chi connectivity index (χ3n) is 3.55. The number of aromatic nitrogens is 1. The first kappa shape index (κ1) is 18.3. The van der Waals surface area contributed by atoms with Crippen molar-refractivity contribution in [1.29, 1.82) is 0 Å². The number of nitrogens with zero attached hydrogens (tertiary/aromatic N) is 1. The summed E-state index contributed by atoms with van der Waals surface area (Å²) in [5.41, 5.74) is 1.79. The molecular weight excluding hydrogens is 324 g/mol. The van der Waals surface area contributed by atoms with Crippen LogP contribution in [0.4, 0.5) is 5.82 Å². The molecule has 0 spiro atoms. The highest BCUT2D eigenvalue weighted by Crippen LogP contribution is 2.27. The van der Waals surface area contributed by atoms with Crippen molar-refractivity contribution in [2.75, 3.05) is 11.3 Å². The van der Waals surface area contributed by atoms with Gasteiger partial charge in [0, 0.05) is 6.20 Å². The van der Waals surface area contributed by atoms with Crippen molar-refractivity contribution in [2.24, 2.45) is 0 Å². The molecule has 5 nitrogen and oxygen atoms in total. The maximum atomic E-state index is 12.7. The quantitative estimate of drug-likeness (QED) is 0.730. The van der Waals surface area contributed by atoms with Crippen LogP contribution in [0.5, 0.6) is 5.75 Å². The summed E-state index contributed by atoms with van der Waals surface area (Å²) in [6, 6.07) is 8.67. The van der Waals surface area contributed by atoms with E-state index in [9.17, 15) is 8.42 Å². The van der Waals surface area contributed by atoms with Crippen LogP contribution in [0.2, 0.25) is 0 Å². The highest BCUT2D eigenvalue weighted by Gasteiger charge is 2.20. The summed E-state index contributed by atoms with van der Waals surface area (Å²) < 4.78 is 33.7. The number of hydrogen-bond donors (Lipinski definition) is 1. The average molecular weight is 348 g/mol. The van der Waals surface area contributed by atoms with Gasteiger partial charge in [-0.1, -0.05) is 25.8 Å². The number of unbranched alkanes of at least 4 members (excludes halogenated alkanes) is 2. The molecule has 1 aromatic carbocycles. The Hall–Kier alpha value is -2.08. The van der Waals surface area contributed by atoms with Gasteiger partial charge in [0.2, 0.25) is 0 Å².